The average molecular weight is 291 g/mol. The van der Waals surface area contributed by atoms with Crippen LogP contribution in [0.25, 0.3) is 0 Å². The molecule has 1 aliphatic rings. The first-order chi connectivity index (χ1) is 9.75. The Labute approximate surface area is 124 Å². The monoisotopic (exact) mass is 291 g/mol. The van der Waals surface area contributed by atoms with E-state index in [-0.39, 0.29) is 23.4 Å². The fourth-order valence-corrected chi connectivity index (χ4v) is 1.81. The van der Waals surface area contributed by atoms with Gasteiger partial charge in [0.2, 0.25) is 5.91 Å². The van der Waals surface area contributed by atoms with E-state index in [1.54, 1.807) is 6.07 Å². The third-order valence-electron chi connectivity index (χ3n) is 3.21. The standard InChI is InChI=1S/C15H21N3O3/c1-15(2,3)11-6-9(14(20)21)7-12(18-11)16-8-13(19)17-10-4-5-10/h6-7,10H,4-5,8H2,1-3H3,(H,16,18)(H,17,19)(H,20,21). The number of anilines is 1. The molecule has 1 saturated carbocycles. The maximum Gasteiger partial charge on any atom is 0.335 e. The molecule has 114 valence electrons. The molecule has 0 aromatic carbocycles. The van der Waals surface area contributed by atoms with Gasteiger partial charge in [0.15, 0.2) is 0 Å². The Morgan fingerprint density at radius 2 is 2.00 bits per heavy atom. The van der Waals surface area contributed by atoms with Crippen LogP contribution in [-0.2, 0) is 10.2 Å². The van der Waals surface area contributed by atoms with E-state index in [1.807, 2.05) is 20.8 Å². The van der Waals surface area contributed by atoms with E-state index >= 15 is 0 Å². The van der Waals surface area contributed by atoms with Crippen molar-refractivity contribution in [3.8, 4) is 0 Å². The number of amides is 1. The number of aromatic nitrogens is 1. The first-order valence-electron chi connectivity index (χ1n) is 7.05. The van der Waals surface area contributed by atoms with Crippen LogP contribution in [0.5, 0.6) is 0 Å². The van der Waals surface area contributed by atoms with E-state index in [0.717, 1.165) is 12.8 Å². The first kappa shape index (κ1) is 15.3. The molecular formula is C15H21N3O3. The number of hydrogen-bond donors (Lipinski definition) is 3. The van der Waals surface area contributed by atoms with Crippen molar-refractivity contribution < 1.29 is 14.7 Å². The molecular weight excluding hydrogens is 270 g/mol. The van der Waals surface area contributed by atoms with Crippen molar-refractivity contribution in [3.05, 3.63) is 23.4 Å². The van der Waals surface area contributed by atoms with Crippen LogP contribution < -0.4 is 10.6 Å². The first-order valence-corrected chi connectivity index (χ1v) is 7.05. The average Bonchev–Trinajstić information content (AvgIpc) is 3.19. The van der Waals surface area contributed by atoms with Crippen LogP contribution in [0.3, 0.4) is 0 Å². The molecule has 0 aliphatic heterocycles. The lowest BCUT2D eigenvalue weighted by Gasteiger charge is -2.19. The minimum absolute atomic E-state index is 0.0934. The zero-order valence-electron chi connectivity index (χ0n) is 12.6. The van der Waals surface area contributed by atoms with E-state index in [1.165, 1.54) is 6.07 Å². The highest BCUT2D eigenvalue weighted by Crippen LogP contribution is 2.23. The second kappa shape index (κ2) is 5.71. The second-order valence-electron chi connectivity index (χ2n) is 6.38. The fourth-order valence-electron chi connectivity index (χ4n) is 1.81. The van der Waals surface area contributed by atoms with E-state index in [4.69, 9.17) is 5.11 Å². The molecule has 1 heterocycles. The third-order valence-corrected chi connectivity index (χ3v) is 3.21. The van der Waals surface area contributed by atoms with Crippen LogP contribution in [0.1, 0.15) is 49.7 Å². The molecule has 0 bridgehead atoms. The maximum atomic E-state index is 11.6. The smallest absolute Gasteiger partial charge is 0.335 e. The van der Waals surface area contributed by atoms with Crippen LogP contribution in [0.4, 0.5) is 5.82 Å². The van der Waals surface area contributed by atoms with Gasteiger partial charge < -0.3 is 15.7 Å². The van der Waals surface area contributed by atoms with E-state index < -0.39 is 5.97 Å². The minimum Gasteiger partial charge on any atom is -0.478 e. The van der Waals surface area contributed by atoms with Crippen molar-refractivity contribution >= 4 is 17.7 Å². The Morgan fingerprint density at radius 1 is 1.33 bits per heavy atom. The number of rotatable bonds is 5. The quantitative estimate of drug-likeness (QED) is 0.769. The fraction of sp³-hybridized carbons (Fsp3) is 0.533. The molecule has 1 aliphatic carbocycles. The molecule has 0 atom stereocenters. The number of carbonyl (C=O) groups excluding carboxylic acids is 1. The Balaban J connectivity index is 2.11. The van der Waals surface area contributed by atoms with Gasteiger partial charge in [0, 0.05) is 17.2 Å². The Hall–Kier alpha value is -2.11. The number of pyridine rings is 1. The summed E-state index contributed by atoms with van der Waals surface area (Å²) in [6.45, 7) is 5.98. The highest BCUT2D eigenvalue weighted by atomic mass is 16.4. The summed E-state index contributed by atoms with van der Waals surface area (Å²) < 4.78 is 0. The van der Waals surface area contributed by atoms with Crippen LogP contribution in [0, 0.1) is 0 Å². The van der Waals surface area contributed by atoms with Gasteiger partial charge >= 0.3 is 5.97 Å². The molecule has 3 N–H and O–H groups in total. The van der Waals surface area contributed by atoms with Crippen molar-refractivity contribution in [1.29, 1.82) is 0 Å². The molecule has 0 unspecified atom stereocenters. The molecule has 1 aromatic heterocycles. The predicted molar refractivity (Wildman–Crippen MR) is 79.6 cm³/mol. The number of hydrogen-bond acceptors (Lipinski definition) is 4. The molecule has 6 heteroatoms. The minimum atomic E-state index is -1.01. The van der Waals surface area contributed by atoms with E-state index in [2.05, 4.69) is 15.6 Å². The van der Waals surface area contributed by atoms with Crippen molar-refractivity contribution in [2.75, 3.05) is 11.9 Å². The largest absolute Gasteiger partial charge is 0.478 e. The molecule has 21 heavy (non-hydrogen) atoms. The number of nitrogens with zero attached hydrogens (tertiary/aromatic N) is 1. The normalized spacial score (nSPS) is 14.6. The summed E-state index contributed by atoms with van der Waals surface area (Å²) in [5.41, 5.74) is 0.575. The molecule has 1 amide bonds. The zero-order valence-corrected chi connectivity index (χ0v) is 12.6. The molecule has 2 rings (SSSR count). The second-order valence-corrected chi connectivity index (χ2v) is 6.38. The van der Waals surface area contributed by atoms with Gasteiger partial charge in [0.25, 0.3) is 0 Å². The molecule has 0 saturated heterocycles. The predicted octanol–water partition coefficient (Wildman–Crippen LogP) is 1.77. The van der Waals surface area contributed by atoms with Crippen molar-refractivity contribution in [1.82, 2.24) is 10.3 Å². The summed E-state index contributed by atoms with van der Waals surface area (Å²) in [7, 11) is 0. The number of carboxylic acid groups (broad SMARTS) is 1. The topological polar surface area (TPSA) is 91.3 Å². The van der Waals surface area contributed by atoms with Crippen molar-refractivity contribution in [2.24, 2.45) is 0 Å². The van der Waals surface area contributed by atoms with Gasteiger partial charge in [-0.2, -0.15) is 0 Å². The number of aromatic carboxylic acids is 1. The summed E-state index contributed by atoms with van der Waals surface area (Å²) in [5, 5.41) is 14.9. The van der Waals surface area contributed by atoms with Gasteiger partial charge in [0.05, 0.1) is 12.1 Å². The lowest BCUT2D eigenvalue weighted by atomic mass is 9.91. The van der Waals surface area contributed by atoms with Crippen LogP contribution in [0.15, 0.2) is 12.1 Å². The summed E-state index contributed by atoms with van der Waals surface area (Å²) in [6, 6.07) is 3.32. The van der Waals surface area contributed by atoms with Crippen LogP contribution in [-0.4, -0.2) is 34.6 Å². The van der Waals surface area contributed by atoms with Crippen LogP contribution in [0.2, 0.25) is 0 Å². The summed E-state index contributed by atoms with van der Waals surface area (Å²) in [5.74, 6) is -0.698. The summed E-state index contributed by atoms with van der Waals surface area (Å²) >= 11 is 0. The van der Waals surface area contributed by atoms with Crippen LogP contribution >= 0.6 is 0 Å². The van der Waals surface area contributed by atoms with Gasteiger partial charge in [-0.15, -0.1) is 0 Å². The number of carboxylic acids is 1. The van der Waals surface area contributed by atoms with Gasteiger partial charge in [-0.3, -0.25) is 4.79 Å². The Kier molecular flexibility index (Phi) is 4.16. The Bertz CT molecular complexity index is 560. The number of carbonyl (C=O) groups is 2. The number of nitrogens with one attached hydrogen (secondary N) is 2. The lowest BCUT2D eigenvalue weighted by Crippen LogP contribution is -2.31. The highest BCUT2D eigenvalue weighted by Gasteiger charge is 2.23. The summed E-state index contributed by atoms with van der Waals surface area (Å²) in [4.78, 5) is 27.2. The van der Waals surface area contributed by atoms with E-state index in [9.17, 15) is 9.59 Å². The van der Waals surface area contributed by atoms with Crippen molar-refractivity contribution in [2.45, 2.75) is 45.1 Å². The van der Waals surface area contributed by atoms with E-state index in [0.29, 0.717) is 17.6 Å². The lowest BCUT2D eigenvalue weighted by molar-refractivity contribution is -0.119. The summed E-state index contributed by atoms with van der Waals surface area (Å²) in [6.07, 6.45) is 2.07. The maximum absolute atomic E-state index is 11.6. The molecule has 0 spiro atoms. The molecule has 0 radical (unpaired) electrons. The molecule has 1 aromatic rings. The third kappa shape index (κ3) is 4.44. The molecule has 6 nitrogen and oxygen atoms in total. The van der Waals surface area contributed by atoms with Crippen molar-refractivity contribution in [3.63, 3.8) is 0 Å². The Morgan fingerprint density at radius 3 is 2.52 bits per heavy atom. The van der Waals surface area contributed by atoms with Gasteiger partial charge in [-0.25, -0.2) is 9.78 Å². The zero-order chi connectivity index (χ0) is 15.6. The highest BCUT2D eigenvalue weighted by molar-refractivity contribution is 5.89. The molecule has 1 fully saturated rings. The van der Waals surface area contributed by atoms with Gasteiger partial charge in [-0.05, 0) is 25.0 Å². The van der Waals surface area contributed by atoms with Gasteiger partial charge in [-0.1, -0.05) is 20.8 Å². The SMILES string of the molecule is CC(C)(C)c1cc(C(=O)O)cc(NCC(=O)NC2CC2)n1. The van der Waals surface area contributed by atoms with Gasteiger partial charge in [0.1, 0.15) is 5.82 Å².